The van der Waals surface area contributed by atoms with Crippen molar-refractivity contribution in [3.05, 3.63) is 0 Å². The topological polar surface area (TPSA) is 46.5 Å². The van der Waals surface area contributed by atoms with E-state index in [1.165, 1.54) is 25.7 Å². The zero-order chi connectivity index (χ0) is 9.23. The molecular formula is C8H18CrO3P+. The smallest absolute Gasteiger partial charge is 0.133 e. The second-order valence-electron chi connectivity index (χ2n) is 2.84. The van der Waals surface area contributed by atoms with Gasteiger partial charge in [-0.15, -0.1) is 9.42 Å². The third-order valence-corrected chi connectivity index (χ3v) is 2.10. The largest absolute Gasteiger partial charge is 0.694 e. The Kier molecular flexibility index (Phi) is 15.4. The molecule has 0 radical (unpaired) electrons. The van der Waals surface area contributed by atoms with Gasteiger partial charge < -0.3 is 0 Å². The van der Waals surface area contributed by atoms with E-state index in [4.69, 9.17) is 4.89 Å². The SMILES string of the molecule is CCCCCCCCO[P+](=O)O.[Cr]. The monoisotopic (exact) mass is 245 g/mol. The first kappa shape index (κ1) is 16.0. The van der Waals surface area contributed by atoms with Crippen molar-refractivity contribution >= 4 is 8.25 Å². The normalized spacial score (nSPS) is 10.8. The van der Waals surface area contributed by atoms with Crippen LogP contribution in [0, 0.1) is 0 Å². The van der Waals surface area contributed by atoms with Crippen LogP contribution >= 0.6 is 8.25 Å². The molecule has 0 saturated carbocycles. The summed E-state index contributed by atoms with van der Waals surface area (Å²) in [5.74, 6) is 0. The van der Waals surface area contributed by atoms with E-state index in [1.54, 1.807) is 0 Å². The van der Waals surface area contributed by atoms with Gasteiger partial charge in [0.1, 0.15) is 6.61 Å². The maximum atomic E-state index is 10.1. The van der Waals surface area contributed by atoms with Gasteiger partial charge in [0.2, 0.25) is 0 Å². The zero-order valence-electron chi connectivity index (χ0n) is 8.07. The summed E-state index contributed by atoms with van der Waals surface area (Å²) >= 11 is 0. The molecule has 5 heteroatoms. The van der Waals surface area contributed by atoms with E-state index < -0.39 is 8.25 Å². The Morgan fingerprint density at radius 2 is 1.69 bits per heavy atom. The van der Waals surface area contributed by atoms with Crippen LogP contribution in [0.4, 0.5) is 0 Å². The zero-order valence-corrected chi connectivity index (χ0v) is 10.2. The third-order valence-electron chi connectivity index (χ3n) is 1.70. The van der Waals surface area contributed by atoms with Crippen molar-refractivity contribution in [2.75, 3.05) is 6.61 Å². The molecule has 0 aliphatic carbocycles. The summed E-state index contributed by atoms with van der Waals surface area (Å²) in [6.07, 6.45) is 7.00. The molecule has 0 amide bonds. The van der Waals surface area contributed by atoms with Crippen LogP contribution in [0.5, 0.6) is 0 Å². The Morgan fingerprint density at radius 1 is 1.15 bits per heavy atom. The minimum atomic E-state index is -2.38. The van der Waals surface area contributed by atoms with Gasteiger partial charge in [-0.25, -0.2) is 0 Å². The molecule has 0 fully saturated rings. The number of rotatable bonds is 8. The summed E-state index contributed by atoms with van der Waals surface area (Å²) in [5, 5.41) is 0. The predicted molar refractivity (Wildman–Crippen MR) is 49.2 cm³/mol. The molecule has 0 heterocycles. The van der Waals surface area contributed by atoms with Crippen molar-refractivity contribution in [2.24, 2.45) is 0 Å². The second kappa shape index (κ2) is 12.6. The minimum Gasteiger partial charge on any atom is -0.133 e. The van der Waals surface area contributed by atoms with Crippen LogP contribution in [0.1, 0.15) is 45.4 Å². The molecule has 1 N–H and O–H groups in total. The van der Waals surface area contributed by atoms with Gasteiger partial charge in [-0.3, -0.25) is 0 Å². The molecule has 0 aliphatic rings. The van der Waals surface area contributed by atoms with Crippen LogP contribution in [0.25, 0.3) is 0 Å². The minimum absolute atomic E-state index is 0. The molecule has 13 heavy (non-hydrogen) atoms. The summed E-state index contributed by atoms with van der Waals surface area (Å²) in [6.45, 7) is 2.59. The maximum Gasteiger partial charge on any atom is 0.694 e. The number of hydrogen-bond acceptors (Lipinski definition) is 2. The molecule has 0 bridgehead atoms. The van der Waals surface area contributed by atoms with Crippen LogP contribution < -0.4 is 0 Å². The summed E-state index contributed by atoms with van der Waals surface area (Å²) < 4.78 is 14.6. The van der Waals surface area contributed by atoms with E-state index >= 15 is 0 Å². The van der Waals surface area contributed by atoms with Gasteiger partial charge in [0.15, 0.2) is 0 Å². The fourth-order valence-electron chi connectivity index (χ4n) is 1.03. The molecule has 0 rings (SSSR count). The molecule has 3 nitrogen and oxygen atoms in total. The Hall–Kier alpha value is 0.552. The molecule has 1 atom stereocenters. The fraction of sp³-hybridized carbons (Fsp3) is 1.00. The first-order chi connectivity index (χ1) is 5.77. The van der Waals surface area contributed by atoms with Gasteiger partial charge in [0, 0.05) is 21.9 Å². The maximum absolute atomic E-state index is 10.1. The molecule has 0 spiro atoms. The second-order valence-corrected chi connectivity index (χ2v) is 3.57. The summed E-state index contributed by atoms with van der Waals surface area (Å²) in [4.78, 5) is 8.28. The number of hydrogen-bond donors (Lipinski definition) is 1. The van der Waals surface area contributed by atoms with E-state index in [2.05, 4.69) is 11.4 Å². The third kappa shape index (κ3) is 15.3. The quantitative estimate of drug-likeness (QED) is 0.528. The van der Waals surface area contributed by atoms with Gasteiger partial charge in [-0.2, -0.15) is 0 Å². The van der Waals surface area contributed by atoms with Crippen LogP contribution in [-0.4, -0.2) is 11.5 Å². The molecule has 0 aromatic rings. The average molecular weight is 245 g/mol. The molecule has 0 aromatic carbocycles. The summed E-state index contributed by atoms with van der Waals surface area (Å²) in [5.41, 5.74) is 0. The Bertz CT molecular complexity index is 122. The van der Waals surface area contributed by atoms with Crippen molar-refractivity contribution in [1.29, 1.82) is 0 Å². The van der Waals surface area contributed by atoms with E-state index in [9.17, 15) is 4.57 Å². The summed E-state index contributed by atoms with van der Waals surface area (Å²) in [6, 6.07) is 0. The van der Waals surface area contributed by atoms with Crippen molar-refractivity contribution in [1.82, 2.24) is 0 Å². The Labute approximate surface area is 92.0 Å². The van der Waals surface area contributed by atoms with Gasteiger partial charge in [0.25, 0.3) is 0 Å². The summed E-state index contributed by atoms with van der Waals surface area (Å²) in [7, 11) is -2.38. The van der Waals surface area contributed by atoms with Crippen molar-refractivity contribution < 1.29 is 31.3 Å². The fourth-order valence-corrected chi connectivity index (χ4v) is 1.31. The Balaban J connectivity index is 0. The van der Waals surface area contributed by atoms with Crippen molar-refractivity contribution in [3.63, 3.8) is 0 Å². The molecule has 1 unspecified atom stereocenters. The first-order valence-corrected chi connectivity index (χ1v) is 5.69. The van der Waals surface area contributed by atoms with E-state index in [0.29, 0.717) is 6.61 Å². The van der Waals surface area contributed by atoms with Gasteiger partial charge >= 0.3 is 8.25 Å². The Morgan fingerprint density at radius 3 is 2.23 bits per heavy atom. The molecular weight excluding hydrogens is 227 g/mol. The van der Waals surface area contributed by atoms with Crippen molar-refractivity contribution in [3.8, 4) is 0 Å². The number of unbranched alkanes of at least 4 members (excludes halogenated alkanes) is 5. The van der Waals surface area contributed by atoms with Crippen LogP contribution in [0.3, 0.4) is 0 Å². The first-order valence-electron chi connectivity index (χ1n) is 4.56. The standard InChI is InChI=1S/C8H17O3P.Cr/c1-2-3-4-5-6-7-8-11-12(9)10;/h2-8H2,1H3;/p+1. The van der Waals surface area contributed by atoms with E-state index in [0.717, 1.165) is 12.8 Å². The van der Waals surface area contributed by atoms with Crippen LogP contribution in [0.15, 0.2) is 0 Å². The molecule has 0 aliphatic heterocycles. The molecule has 0 aromatic heterocycles. The van der Waals surface area contributed by atoms with E-state index in [1.807, 2.05) is 0 Å². The average Bonchev–Trinajstić information content (AvgIpc) is 2.02. The predicted octanol–water partition coefficient (Wildman–Crippen LogP) is 3.01. The van der Waals surface area contributed by atoms with Crippen LogP contribution in [0.2, 0.25) is 0 Å². The molecule has 0 saturated heterocycles. The van der Waals surface area contributed by atoms with Gasteiger partial charge in [-0.1, -0.05) is 39.0 Å². The van der Waals surface area contributed by atoms with Gasteiger partial charge in [-0.05, 0) is 6.42 Å². The van der Waals surface area contributed by atoms with Crippen LogP contribution in [-0.2, 0) is 26.4 Å². The van der Waals surface area contributed by atoms with Crippen molar-refractivity contribution in [2.45, 2.75) is 45.4 Å². The molecule has 78 valence electrons. The van der Waals surface area contributed by atoms with E-state index in [-0.39, 0.29) is 17.4 Å². The van der Waals surface area contributed by atoms with Gasteiger partial charge in [0.05, 0.1) is 0 Å².